The Kier molecular flexibility index (Phi) is 6.18. The fourth-order valence-corrected chi connectivity index (χ4v) is 3.47. The van der Waals surface area contributed by atoms with E-state index in [1.807, 2.05) is 30.3 Å². The number of nitrogens with zero attached hydrogens (tertiary/aromatic N) is 4. The highest BCUT2D eigenvalue weighted by Crippen LogP contribution is 2.35. The number of anilines is 1. The van der Waals surface area contributed by atoms with Crippen LogP contribution in [0.15, 0.2) is 59.8 Å². The van der Waals surface area contributed by atoms with Crippen molar-refractivity contribution in [1.29, 1.82) is 0 Å². The van der Waals surface area contributed by atoms with Crippen LogP contribution in [0.4, 0.5) is 10.1 Å². The third-order valence-electron chi connectivity index (χ3n) is 3.71. The van der Waals surface area contributed by atoms with Crippen molar-refractivity contribution in [3.8, 4) is 0 Å². The van der Waals surface area contributed by atoms with Gasteiger partial charge in [0.25, 0.3) is 0 Å². The Bertz CT molecular complexity index is 883. The highest BCUT2D eigenvalue weighted by atomic mass is 32.2. The van der Waals surface area contributed by atoms with Gasteiger partial charge in [0.05, 0.1) is 0 Å². The first-order valence-electron chi connectivity index (χ1n) is 8.57. The maximum Gasteiger partial charge on any atom is 0.242 e. The van der Waals surface area contributed by atoms with Crippen molar-refractivity contribution < 1.29 is 9.18 Å². The van der Waals surface area contributed by atoms with Crippen LogP contribution >= 0.6 is 11.8 Å². The summed E-state index contributed by atoms with van der Waals surface area (Å²) in [4.78, 5) is 13.0. The molecule has 0 bridgehead atoms. The minimum Gasteiger partial charge on any atom is -0.325 e. The SMILES string of the molecule is CC(C)Cn1nnnc1SC(C(=O)Nc1ccc(F)cc1)c1ccccc1. The predicted molar refractivity (Wildman–Crippen MR) is 103 cm³/mol. The van der Waals surface area contributed by atoms with Crippen LogP contribution < -0.4 is 5.32 Å². The van der Waals surface area contributed by atoms with Crippen LogP contribution in [-0.2, 0) is 11.3 Å². The van der Waals surface area contributed by atoms with E-state index in [9.17, 15) is 9.18 Å². The van der Waals surface area contributed by atoms with Gasteiger partial charge in [0, 0.05) is 12.2 Å². The normalized spacial score (nSPS) is 12.1. The summed E-state index contributed by atoms with van der Waals surface area (Å²) in [7, 11) is 0. The van der Waals surface area contributed by atoms with Gasteiger partial charge in [-0.25, -0.2) is 9.07 Å². The van der Waals surface area contributed by atoms with Crippen molar-refractivity contribution in [3.05, 3.63) is 66.0 Å². The second kappa shape index (κ2) is 8.77. The van der Waals surface area contributed by atoms with Crippen molar-refractivity contribution in [2.24, 2.45) is 5.92 Å². The first-order chi connectivity index (χ1) is 13.0. The first kappa shape index (κ1) is 19.0. The Morgan fingerprint density at radius 3 is 2.52 bits per heavy atom. The van der Waals surface area contributed by atoms with Gasteiger partial charge in [-0.2, -0.15) is 0 Å². The van der Waals surface area contributed by atoms with Gasteiger partial charge in [0.1, 0.15) is 11.1 Å². The molecule has 140 valence electrons. The fraction of sp³-hybridized carbons (Fsp3) is 0.263. The molecule has 6 nitrogen and oxygen atoms in total. The van der Waals surface area contributed by atoms with Crippen molar-refractivity contribution in [1.82, 2.24) is 20.2 Å². The highest BCUT2D eigenvalue weighted by molar-refractivity contribution is 8.00. The Morgan fingerprint density at radius 1 is 1.15 bits per heavy atom. The Balaban J connectivity index is 1.84. The van der Waals surface area contributed by atoms with Crippen molar-refractivity contribution in [2.75, 3.05) is 5.32 Å². The lowest BCUT2D eigenvalue weighted by molar-refractivity contribution is -0.115. The van der Waals surface area contributed by atoms with E-state index in [1.165, 1.54) is 36.0 Å². The third-order valence-corrected chi connectivity index (χ3v) is 4.94. The number of amides is 1. The lowest BCUT2D eigenvalue weighted by Crippen LogP contribution is -2.20. The van der Waals surface area contributed by atoms with E-state index in [1.54, 1.807) is 4.68 Å². The average Bonchev–Trinajstić information content (AvgIpc) is 3.08. The van der Waals surface area contributed by atoms with E-state index in [0.717, 1.165) is 5.56 Å². The number of hydrogen-bond donors (Lipinski definition) is 1. The van der Waals surface area contributed by atoms with E-state index in [-0.39, 0.29) is 11.7 Å². The Labute approximate surface area is 161 Å². The number of carbonyl (C=O) groups excluding carboxylic acids is 1. The molecule has 0 radical (unpaired) electrons. The molecule has 1 aromatic heterocycles. The molecule has 0 aliphatic rings. The monoisotopic (exact) mass is 385 g/mol. The van der Waals surface area contributed by atoms with Gasteiger partial charge in [0.15, 0.2) is 0 Å². The minimum absolute atomic E-state index is 0.225. The second-order valence-corrected chi connectivity index (χ2v) is 7.51. The lowest BCUT2D eigenvalue weighted by Gasteiger charge is -2.17. The molecule has 0 fully saturated rings. The molecule has 0 aliphatic heterocycles. The number of thioether (sulfide) groups is 1. The molecule has 3 rings (SSSR count). The van der Waals surface area contributed by atoms with Gasteiger partial charge in [-0.1, -0.05) is 55.9 Å². The molecule has 0 spiro atoms. The Hall–Kier alpha value is -2.74. The molecule has 1 unspecified atom stereocenters. The van der Waals surface area contributed by atoms with E-state index in [4.69, 9.17) is 0 Å². The van der Waals surface area contributed by atoms with Crippen molar-refractivity contribution in [2.45, 2.75) is 30.8 Å². The molecule has 1 atom stereocenters. The molecule has 1 amide bonds. The number of tetrazole rings is 1. The van der Waals surface area contributed by atoms with Gasteiger partial charge < -0.3 is 5.32 Å². The molecule has 0 saturated carbocycles. The third kappa shape index (κ3) is 5.13. The fourth-order valence-electron chi connectivity index (χ4n) is 2.49. The van der Waals surface area contributed by atoms with Crippen LogP contribution in [0.3, 0.4) is 0 Å². The van der Waals surface area contributed by atoms with Gasteiger partial charge in [-0.05, 0) is 46.2 Å². The van der Waals surface area contributed by atoms with Crippen LogP contribution in [0.5, 0.6) is 0 Å². The summed E-state index contributed by atoms with van der Waals surface area (Å²) >= 11 is 1.29. The van der Waals surface area contributed by atoms with E-state index in [0.29, 0.717) is 23.3 Å². The summed E-state index contributed by atoms with van der Waals surface area (Å²) in [6.07, 6.45) is 0. The molecule has 2 aromatic carbocycles. The van der Waals surface area contributed by atoms with E-state index in [2.05, 4.69) is 34.7 Å². The number of halogens is 1. The van der Waals surface area contributed by atoms with Crippen LogP contribution in [0.1, 0.15) is 24.7 Å². The largest absolute Gasteiger partial charge is 0.325 e. The average molecular weight is 385 g/mol. The molecule has 0 saturated heterocycles. The molecular formula is C19H20FN5OS. The summed E-state index contributed by atoms with van der Waals surface area (Å²) in [5, 5.41) is 14.7. The maximum atomic E-state index is 13.1. The number of hydrogen-bond acceptors (Lipinski definition) is 5. The molecule has 0 aliphatic carbocycles. The topological polar surface area (TPSA) is 72.7 Å². The van der Waals surface area contributed by atoms with Crippen LogP contribution in [-0.4, -0.2) is 26.1 Å². The van der Waals surface area contributed by atoms with Gasteiger partial charge >= 0.3 is 0 Å². The van der Waals surface area contributed by atoms with Gasteiger partial charge in [-0.15, -0.1) is 5.10 Å². The number of aromatic nitrogens is 4. The van der Waals surface area contributed by atoms with E-state index >= 15 is 0 Å². The standard InChI is InChI=1S/C19H20FN5OS/c1-13(2)12-25-19(22-23-24-25)27-17(14-6-4-3-5-7-14)18(26)21-16-10-8-15(20)9-11-16/h3-11,13,17H,12H2,1-2H3,(H,21,26). The highest BCUT2D eigenvalue weighted by Gasteiger charge is 2.25. The molecule has 27 heavy (non-hydrogen) atoms. The Morgan fingerprint density at radius 2 is 1.85 bits per heavy atom. The van der Waals surface area contributed by atoms with Crippen LogP contribution in [0.25, 0.3) is 0 Å². The van der Waals surface area contributed by atoms with E-state index < -0.39 is 5.25 Å². The minimum atomic E-state index is -0.548. The van der Waals surface area contributed by atoms with Crippen LogP contribution in [0.2, 0.25) is 0 Å². The zero-order chi connectivity index (χ0) is 19.2. The van der Waals surface area contributed by atoms with Gasteiger partial charge in [0.2, 0.25) is 11.1 Å². The lowest BCUT2D eigenvalue weighted by atomic mass is 10.1. The summed E-state index contributed by atoms with van der Waals surface area (Å²) in [5.41, 5.74) is 1.37. The quantitative estimate of drug-likeness (QED) is 0.624. The smallest absolute Gasteiger partial charge is 0.242 e. The van der Waals surface area contributed by atoms with Gasteiger partial charge in [-0.3, -0.25) is 4.79 Å². The summed E-state index contributed by atoms with van der Waals surface area (Å²) < 4.78 is 14.8. The number of benzene rings is 2. The molecular weight excluding hydrogens is 365 g/mol. The number of carbonyl (C=O) groups is 1. The zero-order valence-corrected chi connectivity index (χ0v) is 15.9. The number of rotatable bonds is 7. The predicted octanol–water partition coefficient (Wildman–Crippen LogP) is 3.94. The van der Waals surface area contributed by atoms with Crippen molar-refractivity contribution in [3.63, 3.8) is 0 Å². The van der Waals surface area contributed by atoms with Crippen LogP contribution in [0, 0.1) is 11.7 Å². The molecule has 8 heteroatoms. The first-order valence-corrected chi connectivity index (χ1v) is 9.45. The summed E-state index contributed by atoms with van der Waals surface area (Å²) in [5.74, 6) is -0.206. The molecule has 1 heterocycles. The summed E-state index contributed by atoms with van der Waals surface area (Å²) in [6.45, 7) is 4.81. The number of nitrogens with one attached hydrogen (secondary N) is 1. The maximum absolute atomic E-state index is 13.1. The van der Waals surface area contributed by atoms with Crippen molar-refractivity contribution >= 4 is 23.4 Å². The molecule has 1 N–H and O–H groups in total. The summed E-state index contributed by atoms with van der Waals surface area (Å²) in [6, 6.07) is 15.1. The zero-order valence-electron chi connectivity index (χ0n) is 15.0. The molecule has 3 aromatic rings. The second-order valence-electron chi connectivity index (χ2n) is 6.44.